The van der Waals surface area contributed by atoms with Gasteiger partial charge in [-0.1, -0.05) is 0 Å². The molecule has 26 heavy (non-hydrogen) atoms. The summed E-state index contributed by atoms with van der Waals surface area (Å²) in [6, 6.07) is 4.18. The van der Waals surface area contributed by atoms with Crippen LogP contribution in [0, 0.1) is 0 Å². The fraction of sp³-hybridized carbons (Fsp3) is 0.412. The molecule has 3 aromatic rings. The minimum absolute atomic E-state index is 0.196. The third-order valence-corrected chi connectivity index (χ3v) is 5.42. The summed E-state index contributed by atoms with van der Waals surface area (Å²) in [6.45, 7) is 4.14. The van der Waals surface area contributed by atoms with Crippen LogP contribution < -0.4 is 4.90 Å². The molecule has 0 spiro atoms. The lowest BCUT2D eigenvalue weighted by molar-refractivity contribution is 0.0597. The maximum atomic E-state index is 12.1. The third kappa shape index (κ3) is 2.73. The zero-order chi connectivity index (χ0) is 18.3. The Bertz CT molecular complexity index is 967. The molecule has 0 amide bonds. The lowest BCUT2D eigenvalue weighted by Gasteiger charge is -2.34. The quantitative estimate of drug-likeness (QED) is 0.650. The van der Waals surface area contributed by atoms with Gasteiger partial charge in [0.05, 0.1) is 36.8 Å². The van der Waals surface area contributed by atoms with Crippen molar-refractivity contribution in [2.24, 2.45) is 7.05 Å². The van der Waals surface area contributed by atoms with Gasteiger partial charge in [-0.25, -0.2) is 9.78 Å². The molecule has 4 rings (SSSR count). The second-order valence-corrected chi connectivity index (χ2v) is 6.96. The van der Waals surface area contributed by atoms with Crippen molar-refractivity contribution in [1.29, 1.82) is 0 Å². The smallest absolute Gasteiger partial charge is 0.360 e. The van der Waals surface area contributed by atoms with Gasteiger partial charge < -0.3 is 14.4 Å². The van der Waals surface area contributed by atoms with E-state index in [0.29, 0.717) is 18.7 Å². The van der Waals surface area contributed by atoms with Gasteiger partial charge in [-0.2, -0.15) is 9.47 Å². The number of hydrogen-bond acceptors (Lipinski definition) is 8. The van der Waals surface area contributed by atoms with E-state index >= 15 is 0 Å². The molecule has 0 bridgehead atoms. The fourth-order valence-corrected chi connectivity index (χ4v) is 4.02. The number of methoxy groups -OCH3 is 1. The minimum atomic E-state index is -0.480. The number of morpholine rings is 1. The van der Waals surface area contributed by atoms with E-state index in [9.17, 15) is 4.79 Å². The highest BCUT2D eigenvalue weighted by Gasteiger charge is 2.25. The predicted octanol–water partition coefficient (Wildman–Crippen LogP) is 2.10. The number of anilines is 1. The topological polar surface area (TPSA) is 82.4 Å². The summed E-state index contributed by atoms with van der Waals surface area (Å²) < 4.78 is 17.4. The van der Waals surface area contributed by atoms with Gasteiger partial charge in [0.15, 0.2) is 5.69 Å². The molecule has 0 aliphatic carbocycles. The highest BCUT2D eigenvalue weighted by atomic mass is 32.1. The van der Waals surface area contributed by atoms with Crippen LogP contribution >= 0.6 is 11.5 Å². The van der Waals surface area contributed by atoms with Crippen LogP contribution in [-0.2, 0) is 16.5 Å². The average Bonchev–Trinajstić information content (AvgIpc) is 3.27. The van der Waals surface area contributed by atoms with Crippen LogP contribution in [0.5, 0.6) is 0 Å². The van der Waals surface area contributed by atoms with Crippen molar-refractivity contribution in [3.05, 3.63) is 24.0 Å². The molecule has 0 radical (unpaired) electrons. The molecule has 1 aliphatic heterocycles. The summed E-state index contributed by atoms with van der Waals surface area (Å²) in [5.74, 6) is 0.321. The molecule has 3 aromatic heterocycles. The Morgan fingerprint density at radius 1 is 1.46 bits per heavy atom. The van der Waals surface area contributed by atoms with Crippen molar-refractivity contribution < 1.29 is 14.3 Å². The summed E-state index contributed by atoms with van der Waals surface area (Å²) >= 11 is 1.25. The Kier molecular flexibility index (Phi) is 4.33. The molecular formula is C17H19N5O3S. The first-order valence-corrected chi connectivity index (χ1v) is 9.09. The molecule has 0 N–H and O–H groups in total. The number of carbonyl (C=O) groups is 1. The van der Waals surface area contributed by atoms with E-state index in [4.69, 9.17) is 14.5 Å². The van der Waals surface area contributed by atoms with Gasteiger partial charge in [-0.15, -0.1) is 0 Å². The molecular weight excluding hydrogens is 354 g/mol. The second kappa shape index (κ2) is 6.65. The summed E-state index contributed by atoms with van der Waals surface area (Å²) in [7, 11) is 3.24. The van der Waals surface area contributed by atoms with Gasteiger partial charge in [0.1, 0.15) is 11.3 Å². The molecule has 1 fully saturated rings. The standard InChI is InChI=1S/C17H19N5O3S/c1-10-9-25-7-6-22(10)13-8-11(12-4-5-18-21(12)2)16-14(19-13)15(20-26-16)17(23)24-3/h4-5,8,10H,6-7,9H2,1-3H3/t10-/m1/s1. The Balaban J connectivity index is 1.95. The minimum Gasteiger partial charge on any atom is -0.464 e. The zero-order valence-corrected chi connectivity index (χ0v) is 15.6. The molecule has 1 atom stereocenters. The molecule has 9 heteroatoms. The normalized spacial score (nSPS) is 17.7. The van der Waals surface area contributed by atoms with Gasteiger partial charge >= 0.3 is 5.97 Å². The van der Waals surface area contributed by atoms with E-state index in [0.717, 1.165) is 28.3 Å². The second-order valence-electron chi connectivity index (χ2n) is 6.19. The largest absolute Gasteiger partial charge is 0.464 e. The van der Waals surface area contributed by atoms with Gasteiger partial charge in [0.2, 0.25) is 0 Å². The Labute approximate surface area is 154 Å². The molecule has 0 aromatic carbocycles. The van der Waals surface area contributed by atoms with Crippen LogP contribution in [0.1, 0.15) is 17.4 Å². The first-order valence-electron chi connectivity index (χ1n) is 8.31. The number of carbonyl (C=O) groups excluding carboxylic acids is 1. The van der Waals surface area contributed by atoms with E-state index in [2.05, 4.69) is 21.3 Å². The predicted molar refractivity (Wildman–Crippen MR) is 98.6 cm³/mol. The van der Waals surface area contributed by atoms with Crippen molar-refractivity contribution in [3.63, 3.8) is 0 Å². The number of ether oxygens (including phenoxy) is 2. The van der Waals surface area contributed by atoms with Gasteiger partial charge in [0.25, 0.3) is 0 Å². The van der Waals surface area contributed by atoms with Gasteiger partial charge in [0, 0.05) is 25.4 Å². The monoisotopic (exact) mass is 373 g/mol. The van der Waals surface area contributed by atoms with Crippen LogP contribution in [0.2, 0.25) is 0 Å². The van der Waals surface area contributed by atoms with E-state index in [-0.39, 0.29) is 11.7 Å². The number of aromatic nitrogens is 4. The first kappa shape index (κ1) is 16.9. The van der Waals surface area contributed by atoms with Crippen LogP contribution in [-0.4, -0.2) is 58.0 Å². The lowest BCUT2D eigenvalue weighted by Crippen LogP contribution is -2.44. The lowest BCUT2D eigenvalue weighted by atomic mass is 10.1. The maximum Gasteiger partial charge on any atom is 0.360 e. The molecule has 1 aliphatic rings. The van der Waals surface area contributed by atoms with Crippen molar-refractivity contribution in [2.45, 2.75) is 13.0 Å². The van der Waals surface area contributed by atoms with Crippen LogP contribution in [0.3, 0.4) is 0 Å². The first-order chi connectivity index (χ1) is 12.6. The van der Waals surface area contributed by atoms with E-state index < -0.39 is 5.97 Å². The van der Waals surface area contributed by atoms with Crippen LogP contribution in [0.15, 0.2) is 18.3 Å². The Hall–Kier alpha value is -2.52. The molecule has 4 heterocycles. The van der Waals surface area contributed by atoms with E-state index in [1.807, 2.05) is 19.2 Å². The highest BCUT2D eigenvalue weighted by molar-refractivity contribution is 7.14. The van der Waals surface area contributed by atoms with Crippen LogP contribution in [0.4, 0.5) is 5.82 Å². The average molecular weight is 373 g/mol. The van der Waals surface area contributed by atoms with Crippen molar-refractivity contribution in [1.82, 2.24) is 19.1 Å². The van der Waals surface area contributed by atoms with Gasteiger partial charge in [-0.3, -0.25) is 4.68 Å². The van der Waals surface area contributed by atoms with E-state index in [1.165, 1.54) is 18.6 Å². The summed E-state index contributed by atoms with van der Waals surface area (Å²) in [5.41, 5.74) is 2.71. The molecule has 136 valence electrons. The zero-order valence-electron chi connectivity index (χ0n) is 14.8. The number of fused-ring (bicyclic) bond motifs is 1. The number of hydrogen-bond donors (Lipinski definition) is 0. The highest BCUT2D eigenvalue weighted by Crippen LogP contribution is 2.36. The fourth-order valence-electron chi connectivity index (χ4n) is 3.18. The number of rotatable bonds is 3. The summed E-state index contributed by atoms with van der Waals surface area (Å²) in [6.07, 6.45) is 1.75. The van der Waals surface area contributed by atoms with Crippen LogP contribution in [0.25, 0.3) is 21.5 Å². The SMILES string of the molecule is COC(=O)c1nsc2c(-c3ccnn3C)cc(N3CCOC[C@H]3C)nc12. The van der Waals surface area contributed by atoms with E-state index in [1.54, 1.807) is 10.9 Å². The third-order valence-electron chi connectivity index (χ3n) is 4.55. The number of nitrogens with zero attached hydrogens (tertiary/aromatic N) is 5. The molecule has 0 saturated carbocycles. The van der Waals surface area contributed by atoms with Crippen molar-refractivity contribution in [2.75, 3.05) is 31.8 Å². The molecule has 0 unspecified atom stereocenters. The summed E-state index contributed by atoms with van der Waals surface area (Å²) in [5, 5.41) is 4.27. The summed E-state index contributed by atoms with van der Waals surface area (Å²) in [4.78, 5) is 19.1. The number of esters is 1. The Morgan fingerprint density at radius 2 is 2.31 bits per heavy atom. The maximum absolute atomic E-state index is 12.1. The van der Waals surface area contributed by atoms with Crippen molar-refractivity contribution in [3.8, 4) is 11.3 Å². The molecule has 1 saturated heterocycles. The van der Waals surface area contributed by atoms with Gasteiger partial charge in [-0.05, 0) is 30.6 Å². The number of aryl methyl sites for hydroxylation is 1. The number of pyridine rings is 1. The molecule has 8 nitrogen and oxygen atoms in total. The Morgan fingerprint density at radius 3 is 3.00 bits per heavy atom. The van der Waals surface area contributed by atoms with Crippen molar-refractivity contribution >= 4 is 33.5 Å².